The number of anilines is 2. The van der Waals surface area contributed by atoms with Gasteiger partial charge < -0.3 is 15.5 Å². The van der Waals surface area contributed by atoms with E-state index in [4.69, 9.17) is 5.73 Å². The van der Waals surface area contributed by atoms with Crippen molar-refractivity contribution in [2.24, 2.45) is 0 Å². The van der Waals surface area contributed by atoms with Crippen LogP contribution in [0.15, 0.2) is 24.3 Å². The Kier molecular flexibility index (Phi) is 13.0. The highest BCUT2D eigenvalue weighted by molar-refractivity contribution is 5.52. The molecule has 0 amide bonds. The molecule has 0 unspecified atom stereocenters. The monoisotopic (exact) mass is 253 g/mol. The third kappa shape index (κ3) is 8.88. The number of nitrogens with two attached hydrogens (primary N) is 1. The number of hydrogen-bond acceptors (Lipinski definition) is 3. The second-order valence-electron chi connectivity index (χ2n) is 3.82. The van der Waals surface area contributed by atoms with Crippen molar-refractivity contribution in [1.82, 2.24) is 4.90 Å². The summed E-state index contributed by atoms with van der Waals surface area (Å²) in [5.41, 5.74) is 7.65. The summed E-state index contributed by atoms with van der Waals surface area (Å²) in [7, 11) is 6.25. The third-order valence-electron chi connectivity index (χ3n) is 2.22. The number of rotatable bonds is 4. The first kappa shape index (κ1) is 19.1. The van der Waals surface area contributed by atoms with E-state index in [2.05, 4.69) is 30.9 Å². The lowest BCUT2D eigenvalue weighted by molar-refractivity contribution is 0.416. The quantitative estimate of drug-likeness (QED) is 0.836. The van der Waals surface area contributed by atoms with Gasteiger partial charge in [0.2, 0.25) is 0 Å². The molecule has 3 nitrogen and oxygen atoms in total. The van der Waals surface area contributed by atoms with E-state index in [0.29, 0.717) is 0 Å². The zero-order chi connectivity index (χ0) is 14.6. The van der Waals surface area contributed by atoms with Gasteiger partial charge >= 0.3 is 0 Å². The van der Waals surface area contributed by atoms with Gasteiger partial charge in [0.25, 0.3) is 0 Å². The van der Waals surface area contributed by atoms with Gasteiger partial charge in [0.1, 0.15) is 0 Å². The zero-order valence-corrected chi connectivity index (χ0v) is 13.2. The second kappa shape index (κ2) is 12.2. The molecule has 0 aromatic heterocycles. The molecule has 0 saturated carbocycles. The molecule has 0 radical (unpaired) electrons. The number of nitrogens with zero attached hydrogens (tertiary/aromatic N) is 2. The number of likely N-dealkylation sites (N-methyl/N-ethyl adjacent to an activating group) is 2. The van der Waals surface area contributed by atoms with Crippen LogP contribution in [0.25, 0.3) is 0 Å². The number of hydrogen-bond donors (Lipinski definition) is 1. The molecule has 0 heterocycles. The second-order valence-corrected chi connectivity index (χ2v) is 3.82. The molecule has 106 valence electrons. The highest BCUT2D eigenvalue weighted by atomic mass is 15.1. The number of benzene rings is 1. The van der Waals surface area contributed by atoms with Crippen LogP contribution in [0.4, 0.5) is 11.4 Å². The fourth-order valence-electron chi connectivity index (χ4n) is 1.21. The van der Waals surface area contributed by atoms with Crippen LogP contribution < -0.4 is 10.6 Å². The van der Waals surface area contributed by atoms with Crippen molar-refractivity contribution in [3.8, 4) is 0 Å². The van der Waals surface area contributed by atoms with Gasteiger partial charge in [-0.25, -0.2) is 0 Å². The maximum atomic E-state index is 5.62. The molecule has 1 rings (SSSR count). The minimum absolute atomic E-state index is 0.815. The zero-order valence-electron chi connectivity index (χ0n) is 13.2. The summed E-state index contributed by atoms with van der Waals surface area (Å²) >= 11 is 0. The Morgan fingerprint density at radius 3 is 1.67 bits per heavy atom. The Bertz CT molecular complexity index is 268. The van der Waals surface area contributed by atoms with Crippen LogP contribution in [0, 0.1) is 0 Å². The molecule has 0 aliphatic rings. The minimum Gasteiger partial charge on any atom is -0.399 e. The van der Waals surface area contributed by atoms with E-state index >= 15 is 0 Å². The molecular formula is C15H31N3. The van der Waals surface area contributed by atoms with Gasteiger partial charge in [-0.1, -0.05) is 27.7 Å². The van der Waals surface area contributed by atoms with Gasteiger partial charge in [0.05, 0.1) is 0 Å². The van der Waals surface area contributed by atoms with Gasteiger partial charge in [-0.15, -0.1) is 0 Å². The minimum atomic E-state index is 0.815. The van der Waals surface area contributed by atoms with E-state index in [-0.39, 0.29) is 0 Å². The van der Waals surface area contributed by atoms with E-state index in [9.17, 15) is 0 Å². The van der Waals surface area contributed by atoms with Crippen molar-refractivity contribution in [2.75, 3.05) is 44.9 Å². The van der Waals surface area contributed by atoms with Crippen LogP contribution in [0.1, 0.15) is 27.7 Å². The first-order valence-electron chi connectivity index (χ1n) is 6.81. The molecule has 0 aliphatic heterocycles. The lowest BCUT2D eigenvalue weighted by Crippen LogP contribution is -2.28. The summed E-state index contributed by atoms with van der Waals surface area (Å²) in [5.74, 6) is 0. The predicted octanol–water partition coefficient (Wildman–Crippen LogP) is 3.32. The van der Waals surface area contributed by atoms with E-state index in [1.165, 1.54) is 5.69 Å². The molecule has 0 bridgehead atoms. The molecule has 3 heteroatoms. The van der Waals surface area contributed by atoms with Crippen molar-refractivity contribution in [3.05, 3.63) is 24.3 Å². The SMILES string of the molecule is CC.CC.CN(C)CCN(C)c1ccc(N)cc1. The summed E-state index contributed by atoms with van der Waals surface area (Å²) in [6, 6.07) is 7.96. The Balaban J connectivity index is 0. The van der Waals surface area contributed by atoms with Crippen molar-refractivity contribution in [3.63, 3.8) is 0 Å². The lowest BCUT2D eigenvalue weighted by atomic mass is 10.2. The fourth-order valence-corrected chi connectivity index (χ4v) is 1.21. The average Bonchev–Trinajstić information content (AvgIpc) is 2.41. The van der Waals surface area contributed by atoms with Crippen LogP contribution in [0.2, 0.25) is 0 Å². The smallest absolute Gasteiger partial charge is 0.0365 e. The molecule has 0 aliphatic carbocycles. The van der Waals surface area contributed by atoms with Gasteiger partial charge in [-0.2, -0.15) is 0 Å². The van der Waals surface area contributed by atoms with Crippen molar-refractivity contribution in [1.29, 1.82) is 0 Å². The Labute approximate surface area is 114 Å². The molecule has 18 heavy (non-hydrogen) atoms. The summed E-state index contributed by atoms with van der Waals surface area (Å²) in [4.78, 5) is 4.40. The van der Waals surface area contributed by atoms with Gasteiger partial charge in [0, 0.05) is 31.5 Å². The lowest BCUT2D eigenvalue weighted by Gasteiger charge is -2.21. The standard InChI is InChI=1S/C11H19N3.2C2H6/c1-13(2)8-9-14(3)11-6-4-10(12)5-7-11;2*1-2/h4-7H,8-9,12H2,1-3H3;2*1-2H3. The summed E-state index contributed by atoms with van der Waals surface area (Å²) in [5, 5.41) is 0. The molecule has 1 aromatic carbocycles. The maximum absolute atomic E-state index is 5.62. The largest absolute Gasteiger partial charge is 0.399 e. The molecule has 2 N–H and O–H groups in total. The predicted molar refractivity (Wildman–Crippen MR) is 85.4 cm³/mol. The molecular weight excluding hydrogens is 222 g/mol. The van der Waals surface area contributed by atoms with Crippen molar-refractivity contribution in [2.45, 2.75) is 27.7 Å². The molecule has 0 spiro atoms. The van der Waals surface area contributed by atoms with Crippen molar-refractivity contribution < 1.29 is 0 Å². The maximum Gasteiger partial charge on any atom is 0.0365 e. The Hall–Kier alpha value is -1.22. The molecule has 0 atom stereocenters. The summed E-state index contributed by atoms with van der Waals surface area (Å²) in [6.45, 7) is 10.1. The Morgan fingerprint density at radius 1 is 0.833 bits per heavy atom. The van der Waals surface area contributed by atoms with Gasteiger partial charge in [-0.05, 0) is 38.4 Å². The van der Waals surface area contributed by atoms with Crippen LogP contribution in [-0.2, 0) is 0 Å². The number of nitrogen functional groups attached to an aromatic ring is 1. The molecule has 1 aromatic rings. The summed E-state index contributed by atoms with van der Waals surface area (Å²) < 4.78 is 0. The van der Waals surface area contributed by atoms with E-state index in [0.717, 1.165) is 18.8 Å². The van der Waals surface area contributed by atoms with Crippen LogP contribution >= 0.6 is 0 Å². The topological polar surface area (TPSA) is 32.5 Å². The molecule has 0 fully saturated rings. The average molecular weight is 253 g/mol. The highest BCUT2D eigenvalue weighted by Crippen LogP contribution is 2.14. The summed E-state index contributed by atoms with van der Waals surface area (Å²) in [6.07, 6.45) is 0. The third-order valence-corrected chi connectivity index (χ3v) is 2.22. The molecule has 0 saturated heterocycles. The fraction of sp³-hybridized carbons (Fsp3) is 0.600. The van der Waals surface area contributed by atoms with Crippen LogP contribution in [0.5, 0.6) is 0 Å². The van der Waals surface area contributed by atoms with E-state index in [1.54, 1.807) is 0 Å². The van der Waals surface area contributed by atoms with Crippen LogP contribution in [-0.4, -0.2) is 39.1 Å². The Morgan fingerprint density at radius 2 is 1.28 bits per heavy atom. The first-order chi connectivity index (χ1) is 8.59. The van der Waals surface area contributed by atoms with Crippen LogP contribution in [0.3, 0.4) is 0 Å². The van der Waals surface area contributed by atoms with Gasteiger partial charge in [0.15, 0.2) is 0 Å². The van der Waals surface area contributed by atoms with Gasteiger partial charge in [-0.3, -0.25) is 0 Å². The van der Waals surface area contributed by atoms with E-state index in [1.807, 2.05) is 52.0 Å². The normalized spacial score (nSPS) is 8.89. The van der Waals surface area contributed by atoms with Crippen molar-refractivity contribution >= 4 is 11.4 Å². The highest BCUT2D eigenvalue weighted by Gasteiger charge is 2.00. The van der Waals surface area contributed by atoms with E-state index < -0.39 is 0 Å². The first-order valence-corrected chi connectivity index (χ1v) is 6.81.